The van der Waals surface area contributed by atoms with E-state index in [9.17, 15) is 18.0 Å². The number of carbonyl (C=O) groups excluding carboxylic acids is 1. The van der Waals surface area contributed by atoms with Crippen molar-refractivity contribution in [3.05, 3.63) is 76.4 Å². The Kier molecular flexibility index (Phi) is 6.94. The van der Waals surface area contributed by atoms with E-state index in [0.717, 1.165) is 50.1 Å². The second-order valence-corrected chi connectivity index (χ2v) is 11.7. The van der Waals surface area contributed by atoms with Gasteiger partial charge in [0.05, 0.1) is 12.1 Å². The third-order valence-corrected chi connectivity index (χ3v) is 8.82. The minimum Gasteiger partial charge on any atom is -0.381 e. The molecular weight excluding hydrogens is 519 g/mol. The SMILES string of the molecule is Cn1cnnc1[C@H](C[C@H]1CCOC1)c1cccc(N2Cc3c(cc(CNC4(C)CCC4)cc3C(F)(F)F)C2=O)c1. The third kappa shape index (κ3) is 5.14. The normalized spacial score (nSPS) is 21.0. The van der Waals surface area contributed by atoms with Gasteiger partial charge in [0, 0.05) is 49.5 Å². The maximum atomic E-state index is 14.2. The number of aryl methyl sites for hydroxylation is 1. The van der Waals surface area contributed by atoms with Crippen LogP contribution >= 0.6 is 0 Å². The Balaban J connectivity index is 1.31. The zero-order valence-electron chi connectivity index (χ0n) is 22.8. The number of hydrogen-bond donors (Lipinski definition) is 1. The Morgan fingerprint density at radius 2 is 2.05 bits per heavy atom. The molecular formula is C30H34F3N5O2. The second-order valence-electron chi connectivity index (χ2n) is 11.7. The van der Waals surface area contributed by atoms with Gasteiger partial charge in [0.2, 0.25) is 0 Å². The molecule has 0 bridgehead atoms. The molecule has 0 radical (unpaired) electrons. The van der Waals surface area contributed by atoms with Crippen LogP contribution in [0, 0.1) is 5.92 Å². The Bertz CT molecular complexity index is 1410. The molecule has 7 nitrogen and oxygen atoms in total. The maximum Gasteiger partial charge on any atom is 0.416 e. The van der Waals surface area contributed by atoms with E-state index < -0.39 is 17.6 Å². The standard InChI is InChI=1S/C30H34F3N5O2/c1-29(8-4-9-29)34-15-20-12-24-25(26(13-20)30(31,32)33)16-38(28(24)39)22-6-3-5-21(14-22)23(11-19-7-10-40-17-19)27-36-35-18-37(27)2/h3,5-6,12-14,18-19,23,34H,4,7-11,15-17H2,1-2H3/t19-,23-/m1/s1. The minimum absolute atomic E-state index is 0.0365. The van der Waals surface area contributed by atoms with Gasteiger partial charge in [-0.25, -0.2) is 0 Å². The molecule has 6 rings (SSSR count). The van der Waals surface area contributed by atoms with Crippen molar-refractivity contribution in [1.82, 2.24) is 20.1 Å². The number of benzene rings is 2. The molecule has 1 amide bonds. The number of hydrogen-bond acceptors (Lipinski definition) is 5. The van der Waals surface area contributed by atoms with E-state index in [2.05, 4.69) is 22.4 Å². The van der Waals surface area contributed by atoms with Gasteiger partial charge < -0.3 is 19.5 Å². The van der Waals surface area contributed by atoms with E-state index in [1.54, 1.807) is 18.5 Å². The first-order valence-electron chi connectivity index (χ1n) is 13.9. The van der Waals surface area contributed by atoms with Gasteiger partial charge in [-0.3, -0.25) is 4.79 Å². The fourth-order valence-corrected chi connectivity index (χ4v) is 6.24. The summed E-state index contributed by atoms with van der Waals surface area (Å²) >= 11 is 0. The van der Waals surface area contributed by atoms with Crippen LogP contribution in [0.3, 0.4) is 0 Å². The van der Waals surface area contributed by atoms with Crippen LogP contribution in [0.2, 0.25) is 0 Å². The summed E-state index contributed by atoms with van der Waals surface area (Å²) in [7, 11) is 1.90. The first-order valence-corrected chi connectivity index (χ1v) is 13.9. The highest BCUT2D eigenvalue weighted by Crippen LogP contribution is 2.41. The number of alkyl halides is 3. The Morgan fingerprint density at radius 3 is 2.70 bits per heavy atom. The number of ether oxygens (including phenoxy) is 1. The lowest BCUT2D eigenvalue weighted by atomic mass is 9.78. The summed E-state index contributed by atoms with van der Waals surface area (Å²) < 4.78 is 50.1. The molecule has 3 aromatic rings. The van der Waals surface area contributed by atoms with Crippen LogP contribution in [0.4, 0.5) is 18.9 Å². The minimum atomic E-state index is -4.56. The number of carbonyl (C=O) groups is 1. The van der Waals surface area contributed by atoms with E-state index in [4.69, 9.17) is 4.74 Å². The van der Waals surface area contributed by atoms with Gasteiger partial charge in [0.25, 0.3) is 5.91 Å². The summed E-state index contributed by atoms with van der Waals surface area (Å²) in [5.41, 5.74) is 1.37. The first kappa shape index (κ1) is 27.0. The fourth-order valence-electron chi connectivity index (χ4n) is 6.24. The van der Waals surface area contributed by atoms with Crippen LogP contribution in [0.1, 0.15) is 83.4 Å². The summed E-state index contributed by atoms with van der Waals surface area (Å²) in [4.78, 5) is 15.1. The van der Waals surface area contributed by atoms with Crippen LogP contribution in [0.5, 0.6) is 0 Å². The van der Waals surface area contributed by atoms with Crippen molar-refractivity contribution in [2.45, 2.75) is 69.8 Å². The summed E-state index contributed by atoms with van der Waals surface area (Å²) in [5, 5.41) is 11.8. The summed E-state index contributed by atoms with van der Waals surface area (Å²) in [5.74, 6) is 0.674. The molecule has 2 fully saturated rings. The topological polar surface area (TPSA) is 72.3 Å². The molecule has 1 aliphatic carbocycles. The molecule has 2 aliphatic heterocycles. The predicted molar refractivity (Wildman–Crippen MR) is 144 cm³/mol. The monoisotopic (exact) mass is 553 g/mol. The largest absolute Gasteiger partial charge is 0.416 e. The predicted octanol–water partition coefficient (Wildman–Crippen LogP) is 5.59. The average Bonchev–Trinajstić information content (AvgIpc) is 3.65. The van der Waals surface area contributed by atoms with Gasteiger partial charge in [0.1, 0.15) is 12.2 Å². The van der Waals surface area contributed by atoms with Crippen molar-refractivity contribution >= 4 is 11.6 Å². The Labute approximate surface area is 231 Å². The first-order chi connectivity index (χ1) is 19.1. The highest BCUT2D eigenvalue weighted by molar-refractivity contribution is 6.10. The van der Waals surface area contributed by atoms with Crippen LogP contribution < -0.4 is 10.2 Å². The van der Waals surface area contributed by atoms with Crippen LogP contribution in [-0.2, 0) is 31.1 Å². The second kappa shape index (κ2) is 10.3. The molecule has 3 aliphatic rings. The Hall–Kier alpha value is -3.24. The van der Waals surface area contributed by atoms with Crippen molar-refractivity contribution in [2.24, 2.45) is 13.0 Å². The summed E-state index contributed by atoms with van der Waals surface area (Å²) in [6.45, 7) is 3.67. The van der Waals surface area contributed by atoms with Crippen molar-refractivity contribution in [3.8, 4) is 0 Å². The lowest BCUT2D eigenvalue weighted by Crippen LogP contribution is -2.47. The fraction of sp³-hybridized carbons (Fsp3) is 0.500. The number of nitrogens with zero attached hydrogens (tertiary/aromatic N) is 4. The van der Waals surface area contributed by atoms with E-state index >= 15 is 0 Å². The van der Waals surface area contributed by atoms with Gasteiger partial charge in [-0.1, -0.05) is 12.1 Å². The van der Waals surface area contributed by atoms with Gasteiger partial charge in [-0.05, 0) is 85.9 Å². The Morgan fingerprint density at radius 1 is 1.23 bits per heavy atom. The molecule has 40 heavy (non-hydrogen) atoms. The molecule has 0 unspecified atom stereocenters. The lowest BCUT2D eigenvalue weighted by Gasteiger charge is -2.39. The number of amides is 1. The smallest absolute Gasteiger partial charge is 0.381 e. The molecule has 2 aromatic carbocycles. The molecule has 1 N–H and O–H groups in total. The number of fused-ring (bicyclic) bond motifs is 1. The highest BCUT2D eigenvalue weighted by atomic mass is 19.4. The molecule has 10 heteroatoms. The van der Waals surface area contributed by atoms with Crippen molar-refractivity contribution in [1.29, 1.82) is 0 Å². The number of nitrogens with one attached hydrogen (secondary N) is 1. The molecule has 2 atom stereocenters. The van der Waals surface area contributed by atoms with Gasteiger partial charge in [0.15, 0.2) is 0 Å². The lowest BCUT2D eigenvalue weighted by molar-refractivity contribution is -0.138. The number of rotatable bonds is 8. The maximum absolute atomic E-state index is 14.2. The molecule has 3 heterocycles. The molecule has 1 aromatic heterocycles. The van der Waals surface area contributed by atoms with Crippen molar-refractivity contribution in [3.63, 3.8) is 0 Å². The molecule has 1 saturated heterocycles. The van der Waals surface area contributed by atoms with Gasteiger partial charge >= 0.3 is 6.18 Å². The summed E-state index contributed by atoms with van der Waals surface area (Å²) in [6.07, 6.45) is 1.97. The van der Waals surface area contributed by atoms with Crippen LogP contribution in [0.15, 0.2) is 42.7 Å². The van der Waals surface area contributed by atoms with Gasteiger partial charge in [-0.2, -0.15) is 13.2 Å². The van der Waals surface area contributed by atoms with E-state index in [-0.39, 0.29) is 29.1 Å². The van der Waals surface area contributed by atoms with Crippen LogP contribution in [-0.4, -0.2) is 39.4 Å². The zero-order chi connectivity index (χ0) is 28.1. The molecule has 212 valence electrons. The quantitative estimate of drug-likeness (QED) is 0.394. The van der Waals surface area contributed by atoms with Crippen LogP contribution in [0.25, 0.3) is 0 Å². The number of halogens is 3. The molecule has 1 saturated carbocycles. The zero-order valence-corrected chi connectivity index (χ0v) is 22.8. The number of aromatic nitrogens is 3. The van der Waals surface area contributed by atoms with E-state index in [1.807, 2.05) is 29.8 Å². The van der Waals surface area contributed by atoms with E-state index in [1.165, 1.54) is 11.0 Å². The summed E-state index contributed by atoms with van der Waals surface area (Å²) in [6, 6.07) is 10.4. The van der Waals surface area contributed by atoms with Crippen molar-refractivity contribution in [2.75, 3.05) is 18.1 Å². The van der Waals surface area contributed by atoms with Gasteiger partial charge in [-0.15, -0.1) is 10.2 Å². The number of anilines is 1. The highest BCUT2D eigenvalue weighted by Gasteiger charge is 2.41. The van der Waals surface area contributed by atoms with Crippen molar-refractivity contribution < 1.29 is 22.7 Å². The molecule has 0 spiro atoms. The third-order valence-electron chi connectivity index (χ3n) is 8.82. The average molecular weight is 554 g/mol. The van der Waals surface area contributed by atoms with E-state index in [0.29, 0.717) is 30.3 Å².